The molecule has 1 fully saturated rings. The van der Waals surface area contributed by atoms with Crippen molar-refractivity contribution in [2.75, 3.05) is 30.4 Å². The molecule has 0 unspecified atom stereocenters. The Morgan fingerprint density at radius 3 is 1.98 bits per heavy atom. The molecular formula is C51H54N4O4S3. The maximum Gasteiger partial charge on any atom is 0.410 e. The standard InChI is InChI=1S/C51H54N4O4S3/c1-50(2,3)59-49(58)55-35-42(62-51(37-19-11-6-12-20-37,38-21-13-7-14-22-38)39-23-15-8-16-24-39)33-41(55)34-53-40-25-26-43(44(32-40)48-52-28-30-61-48)47(57)54-45(27-29-60-4)46(56)31-36-17-9-5-10-18-36/h5-26,28,30,32,41-42,45,53H,27,29,31,33-35H2,1-4H3,(H,54,57)/t41-,42-,45-/m0/s1. The quantitative estimate of drug-likeness (QED) is 0.0874. The van der Waals surface area contributed by atoms with Crippen LogP contribution in [0.4, 0.5) is 10.5 Å². The van der Waals surface area contributed by atoms with Gasteiger partial charge in [-0.25, -0.2) is 9.78 Å². The molecule has 0 bridgehead atoms. The molecular weight excluding hydrogens is 829 g/mol. The average Bonchev–Trinajstić information content (AvgIpc) is 3.98. The van der Waals surface area contributed by atoms with Crippen molar-refractivity contribution in [1.82, 2.24) is 15.2 Å². The number of carbonyl (C=O) groups excluding carboxylic acids is 3. The maximum atomic E-state index is 14.1. The van der Waals surface area contributed by atoms with Gasteiger partial charge in [-0.1, -0.05) is 121 Å². The number of carbonyl (C=O) groups is 3. The highest BCUT2D eigenvalue weighted by molar-refractivity contribution is 8.01. The van der Waals surface area contributed by atoms with Gasteiger partial charge in [0.2, 0.25) is 0 Å². The van der Waals surface area contributed by atoms with Gasteiger partial charge in [0.25, 0.3) is 5.91 Å². The lowest BCUT2D eigenvalue weighted by atomic mass is 9.84. The highest BCUT2D eigenvalue weighted by Gasteiger charge is 2.45. The smallest absolute Gasteiger partial charge is 0.410 e. The number of anilines is 1. The van der Waals surface area contributed by atoms with Gasteiger partial charge < -0.3 is 20.3 Å². The summed E-state index contributed by atoms with van der Waals surface area (Å²) in [5.41, 5.74) is 5.66. The van der Waals surface area contributed by atoms with E-state index in [1.807, 2.05) is 110 Å². The zero-order valence-corrected chi connectivity index (χ0v) is 38.1. The third-order valence-corrected chi connectivity index (χ3v) is 14.1. The first-order valence-electron chi connectivity index (χ1n) is 21.0. The third-order valence-electron chi connectivity index (χ3n) is 10.9. The molecule has 0 radical (unpaired) electrons. The molecule has 1 aliphatic rings. The average molecular weight is 883 g/mol. The predicted molar refractivity (Wildman–Crippen MR) is 257 cm³/mol. The fourth-order valence-electron chi connectivity index (χ4n) is 8.00. The minimum atomic E-state index is -0.665. The zero-order valence-electron chi connectivity index (χ0n) is 35.7. The van der Waals surface area contributed by atoms with E-state index in [-0.39, 0.29) is 35.5 Å². The second-order valence-corrected chi connectivity index (χ2v) is 19.9. The molecule has 2 amide bonds. The summed E-state index contributed by atoms with van der Waals surface area (Å²) in [5.74, 6) is 0.392. The molecule has 1 aliphatic heterocycles. The van der Waals surface area contributed by atoms with Crippen LogP contribution in [0.15, 0.2) is 151 Å². The molecule has 0 spiro atoms. The van der Waals surface area contributed by atoms with Crippen LogP contribution >= 0.6 is 34.9 Å². The Hall–Kier alpha value is -5.36. The first-order chi connectivity index (χ1) is 30.0. The Labute approximate surface area is 378 Å². The lowest BCUT2D eigenvalue weighted by molar-refractivity contribution is -0.120. The van der Waals surface area contributed by atoms with E-state index in [0.717, 1.165) is 23.4 Å². The second-order valence-electron chi connectivity index (χ2n) is 16.5. The maximum absolute atomic E-state index is 14.1. The number of nitrogens with zero attached hydrogens (tertiary/aromatic N) is 2. The summed E-state index contributed by atoms with van der Waals surface area (Å²) in [6.45, 7) is 6.65. The molecule has 11 heteroatoms. The summed E-state index contributed by atoms with van der Waals surface area (Å²) >= 11 is 4.98. The van der Waals surface area contributed by atoms with Crippen molar-refractivity contribution in [1.29, 1.82) is 0 Å². The molecule has 3 atom stereocenters. The predicted octanol–water partition coefficient (Wildman–Crippen LogP) is 11.0. The lowest BCUT2D eigenvalue weighted by Gasteiger charge is -2.37. The Kier molecular flexibility index (Phi) is 14.9. The molecule has 1 aromatic heterocycles. The largest absolute Gasteiger partial charge is 0.444 e. The topological polar surface area (TPSA) is 101 Å². The number of ketones is 1. The number of hydrogen-bond acceptors (Lipinski definition) is 9. The fraction of sp³-hybridized carbons (Fsp3) is 0.294. The number of amides is 2. The van der Waals surface area contributed by atoms with E-state index in [9.17, 15) is 14.4 Å². The summed E-state index contributed by atoms with van der Waals surface area (Å²) in [6.07, 6.45) is 4.88. The van der Waals surface area contributed by atoms with Gasteiger partial charge in [0.1, 0.15) is 10.6 Å². The van der Waals surface area contributed by atoms with E-state index in [2.05, 4.69) is 88.4 Å². The van der Waals surface area contributed by atoms with Gasteiger partial charge in [-0.15, -0.1) is 23.1 Å². The summed E-state index contributed by atoms with van der Waals surface area (Å²) in [5, 5.41) is 9.34. The van der Waals surface area contributed by atoms with Crippen molar-refractivity contribution in [3.63, 3.8) is 0 Å². The normalized spacial score (nSPS) is 15.8. The van der Waals surface area contributed by atoms with Crippen molar-refractivity contribution >= 4 is 58.3 Å². The minimum Gasteiger partial charge on any atom is -0.444 e. The van der Waals surface area contributed by atoms with Crippen LogP contribution in [0.25, 0.3) is 10.6 Å². The third kappa shape index (κ3) is 11.0. The molecule has 6 aromatic rings. The molecule has 1 saturated heterocycles. The highest BCUT2D eigenvalue weighted by atomic mass is 32.2. The van der Waals surface area contributed by atoms with Crippen LogP contribution in [0, 0.1) is 0 Å². The molecule has 7 rings (SSSR count). The number of rotatable bonds is 17. The number of ether oxygens (including phenoxy) is 1. The van der Waals surface area contributed by atoms with Crippen LogP contribution in [-0.4, -0.2) is 75.7 Å². The number of thiazole rings is 1. The van der Waals surface area contributed by atoms with Gasteiger partial charge >= 0.3 is 6.09 Å². The molecule has 2 N–H and O–H groups in total. The van der Waals surface area contributed by atoms with Gasteiger partial charge in [0.05, 0.1) is 16.8 Å². The molecule has 320 valence electrons. The summed E-state index contributed by atoms with van der Waals surface area (Å²) in [7, 11) is 0. The number of likely N-dealkylation sites (tertiary alicyclic amines) is 1. The number of thioether (sulfide) groups is 2. The van der Waals surface area contributed by atoms with Crippen LogP contribution in [0.5, 0.6) is 0 Å². The van der Waals surface area contributed by atoms with Crippen molar-refractivity contribution in [2.24, 2.45) is 0 Å². The molecule has 8 nitrogen and oxygen atoms in total. The van der Waals surface area contributed by atoms with E-state index in [0.29, 0.717) is 35.6 Å². The number of benzene rings is 5. The van der Waals surface area contributed by atoms with Crippen molar-refractivity contribution < 1.29 is 19.1 Å². The monoisotopic (exact) mass is 882 g/mol. The van der Waals surface area contributed by atoms with E-state index >= 15 is 0 Å². The molecule has 62 heavy (non-hydrogen) atoms. The van der Waals surface area contributed by atoms with E-state index in [1.54, 1.807) is 24.0 Å². The first kappa shape index (κ1) is 44.7. The van der Waals surface area contributed by atoms with Crippen LogP contribution in [0.3, 0.4) is 0 Å². The fourth-order valence-corrected chi connectivity index (χ4v) is 11.0. The van der Waals surface area contributed by atoms with Crippen LogP contribution in [-0.2, 0) is 20.7 Å². The van der Waals surface area contributed by atoms with Gasteiger partial charge in [-0.05, 0) is 86.1 Å². The van der Waals surface area contributed by atoms with E-state index < -0.39 is 16.4 Å². The number of hydrogen-bond donors (Lipinski definition) is 2. The Balaban J connectivity index is 1.15. The number of nitrogens with one attached hydrogen (secondary N) is 2. The highest BCUT2D eigenvalue weighted by Crippen LogP contribution is 2.52. The molecule has 0 saturated carbocycles. The lowest BCUT2D eigenvalue weighted by Crippen LogP contribution is -2.43. The van der Waals surface area contributed by atoms with E-state index in [1.165, 1.54) is 28.0 Å². The number of aromatic nitrogens is 1. The molecule has 5 aromatic carbocycles. The Bertz CT molecular complexity index is 2280. The number of Topliss-reactive ketones (excluding diaryl/α,β-unsaturated/α-hetero) is 1. The molecule has 0 aliphatic carbocycles. The van der Waals surface area contributed by atoms with Crippen LogP contribution in [0.1, 0.15) is 66.2 Å². The second kappa shape index (κ2) is 20.7. The van der Waals surface area contributed by atoms with Gasteiger partial charge in [0, 0.05) is 53.2 Å². The van der Waals surface area contributed by atoms with Gasteiger partial charge in [0.15, 0.2) is 5.78 Å². The van der Waals surface area contributed by atoms with Gasteiger partial charge in [-0.2, -0.15) is 11.8 Å². The van der Waals surface area contributed by atoms with E-state index in [4.69, 9.17) is 4.74 Å². The van der Waals surface area contributed by atoms with Gasteiger partial charge in [-0.3, -0.25) is 9.59 Å². The van der Waals surface area contributed by atoms with Crippen molar-refractivity contribution in [2.45, 2.75) is 67.7 Å². The first-order valence-corrected chi connectivity index (χ1v) is 24.2. The Morgan fingerprint density at radius 2 is 1.44 bits per heavy atom. The zero-order chi connectivity index (χ0) is 43.5. The van der Waals surface area contributed by atoms with Crippen molar-refractivity contribution in [3.8, 4) is 10.6 Å². The summed E-state index contributed by atoms with van der Waals surface area (Å²) in [6, 6.07) is 46.3. The summed E-state index contributed by atoms with van der Waals surface area (Å²) in [4.78, 5) is 48.1. The van der Waals surface area contributed by atoms with Crippen LogP contribution in [0.2, 0.25) is 0 Å². The minimum absolute atomic E-state index is 0.0243. The van der Waals surface area contributed by atoms with Crippen LogP contribution < -0.4 is 10.6 Å². The van der Waals surface area contributed by atoms with Crippen molar-refractivity contribution in [3.05, 3.63) is 179 Å². The molecule has 2 heterocycles. The summed E-state index contributed by atoms with van der Waals surface area (Å²) < 4.78 is 5.48. The Morgan fingerprint density at radius 1 is 0.839 bits per heavy atom. The SMILES string of the molecule is CSCC[C@H](NC(=O)c1ccc(NC[C@@H]2C[C@H](SC(c3ccccc3)(c3ccccc3)c3ccccc3)CN2C(=O)OC(C)(C)C)cc1-c1nccs1)C(=O)Cc1ccccc1.